The topological polar surface area (TPSA) is 55.2 Å². The molecule has 0 spiro atoms. The Kier molecular flexibility index (Phi) is 2.85. The van der Waals surface area contributed by atoms with Crippen LogP contribution in [0.3, 0.4) is 0 Å². The first-order valence-corrected chi connectivity index (χ1v) is 5.75. The smallest absolute Gasteiger partial charge is 0.240 e. The molecule has 0 saturated heterocycles. The number of fused-ring (bicyclic) bond motifs is 1. The SMILES string of the molecule is O=C=Nc1cccc2c(-c3cncnc3)cccc12. The summed E-state index contributed by atoms with van der Waals surface area (Å²) >= 11 is 0. The summed E-state index contributed by atoms with van der Waals surface area (Å²) in [5.41, 5.74) is 2.56. The first-order valence-electron chi connectivity index (χ1n) is 5.75. The Bertz CT molecular complexity index is 778. The number of benzene rings is 2. The van der Waals surface area contributed by atoms with Crippen molar-refractivity contribution in [2.75, 3.05) is 0 Å². The second kappa shape index (κ2) is 4.80. The summed E-state index contributed by atoms with van der Waals surface area (Å²) in [6.07, 6.45) is 6.61. The molecule has 0 fully saturated rings. The molecule has 0 bridgehead atoms. The van der Waals surface area contributed by atoms with Crippen LogP contribution in [0.4, 0.5) is 5.69 Å². The van der Waals surface area contributed by atoms with Crippen molar-refractivity contribution in [2.24, 2.45) is 4.99 Å². The number of rotatable bonds is 2. The van der Waals surface area contributed by atoms with Crippen LogP contribution in [0, 0.1) is 0 Å². The third-order valence-corrected chi connectivity index (χ3v) is 2.94. The normalized spacial score (nSPS) is 10.1. The number of nitrogens with zero attached hydrogens (tertiary/aromatic N) is 3. The molecule has 3 rings (SSSR count). The van der Waals surface area contributed by atoms with Gasteiger partial charge in [-0.15, -0.1) is 0 Å². The van der Waals surface area contributed by atoms with Gasteiger partial charge in [0, 0.05) is 23.3 Å². The van der Waals surface area contributed by atoms with Gasteiger partial charge in [-0.2, -0.15) is 4.99 Å². The van der Waals surface area contributed by atoms with Crippen molar-refractivity contribution in [1.82, 2.24) is 9.97 Å². The fourth-order valence-electron chi connectivity index (χ4n) is 2.13. The Morgan fingerprint density at radius 1 is 0.947 bits per heavy atom. The summed E-state index contributed by atoms with van der Waals surface area (Å²) in [4.78, 5) is 22.3. The Morgan fingerprint density at radius 3 is 2.47 bits per heavy atom. The third-order valence-electron chi connectivity index (χ3n) is 2.94. The van der Waals surface area contributed by atoms with Gasteiger partial charge in [0.25, 0.3) is 0 Å². The summed E-state index contributed by atoms with van der Waals surface area (Å²) in [5, 5.41) is 1.92. The van der Waals surface area contributed by atoms with Gasteiger partial charge >= 0.3 is 0 Å². The van der Waals surface area contributed by atoms with E-state index in [0.29, 0.717) is 5.69 Å². The highest BCUT2D eigenvalue weighted by atomic mass is 16.1. The number of hydrogen-bond donors (Lipinski definition) is 0. The molecule has 0 unspecified atom stereocenters. The number of hydrogen-bond acceptors (Lipinski definition) is 4. The van der Waals surface area contributed by atoms with E-state index in [0.717, 1.165) is 21.9 Å². The number of aliphatic imine (C=N–C) groups is 1. The fourth-order valence-corrected chi connectivity index (χ4v) is 2.13. The van der Waals surface area contributed by atoms with Gasteiger partial charge in [0.05, 0.1) is 5.69 Å². The largest absolute Gasteiger partial charge is 0.244 e. The van der Waals surface area contributed by atoms with Crippen molar-refractivity contribution in [1.29, 1.82) is 0 Å². The van der Waals surface area contributed by atoms with Gasteiger partial charge in [-0.25, -0.2) is 14.8 Å². The fraction of sp³-hybridized carbons (Fsp3) is 0. The summed E-state index contributed by atoms with van der Waals surface area (Å²) in [5.74, 6) is 0. The molecular formula is C15H9N3O. The van der Waals surface area contributed by atoms with Crippen LogP contribution >= 0.6 is 0 Å². The maximum atomic E-state index is 10.5. The van der Waals surface area contributed by atoms with E-state index in [-0.39, 0.29) is 0 Å². The molecule has 90 valence electrons. The predicted molar refractivity (Wildman–Crippen MR) is 72.8 cm³/mol. The Labute approximate surface area is 109 Å². The monoisotopic (exact) mass is 247 g/mol. The molecule has 19 heavy (non-hydrogen) atoms. The quantitative estimate of drug-likeness (QED) is 0.516. The third kappa shape index (κ3) is 2.01. The molecule has 0 saturated carbocycles. The number of aromatic nitrogens is 2. The van der Waals surface area contributed by atoms with Crippen molar-refractivity contribution >= 4 is 22.5 Å². The van der Waals surface area contributed by atoms with E-state index < -0.39 is 0 Å². The van der Waals surface area contributed by atoms with Crippen molar-refractivity contribution in [3.8, 4) is 11.1 Å². The summed E-state index contributed by atoms with van der Waals surface area (Å²) in [7, 11) is 0. The molecule has 0 aliphatic heterocycles. The lowest BCUT2D eigenvalue weighted by atomic mass is 9.99. The average Bonchev–Trinajstić information content (AvgIpc) is 2.48. The molecule has 0 amide bonds. The van der Waals surface area contributed by atoms with E-state index in [2.05, 4.69) is 15.0 Å². The molecule has 0 aliphatic rings. The lowest BCUT2D eigenvalue weighted by Crippen LogP contribution is -1.84. The van der Waals surface area contributed by atoms with Crippen LogP contribution < -0.4 is 0 Å². The molecule has 0 N–H and O–H groups in total. The highest BCUT2D eigenvalue weighted by Gasteiger charge is 2.06. The van der Waals surface area contributed by atoms with E-state index in [1.54, 1.807) is 24.5 Å². The molecule has 1 aromatic heterocycles. The number of carbonyl (C=O) groups excluding carboxylic acids is 1. The second-order valence-electron chi connectivity index (χ2n) is 4.01. The zero-order valence-electron chi connectivity index (χ0n) is 9.95. The molecule has 0 aliphatic carbocycles. The average molecular weight is 247 g/mol. The van der Waals surface area contributed by atoms with Gasteiger partial charge in [0.1, 0.15) is 6.33 Å². The Balaban J connectivity index is 2.34. The lowest BCUT2D eigenvalue weighted by Gasteiger charge is -2.07. The highest BCUT2D eigenvalue weighted by Crippen LogP contribution is 2.32. The first kappa shape index (κ1) is 11.3. The molecule has 0 radical (unpaired) electrons. The maximum absolute atomic E-state index is 10.5. The predicted octanol–water partition coefficient (Wildman–Crippen LogP) is 3.26. The van der Waals surface area contributed by atoms with Gasteiger partial charge in [-0.1, -0.05) is 30.3 Å². The molecular weight excluding hydrogens is 238 g/mol. The van der Waals surface area contributed by atoms with Crippen molar-refractivity contribution in [2.45, 2.75) is 0 Å². The standard InChI is InChI=1S/C15H9N3O/c19-10-18-15-6-2-4-13-12(3-1-5-14(13)15)11-7-16-9-17-8-11/h1-9H. The summed E-state index contributed by atoms with van der Waals surface area (Å²) < 4.78 is 0. The zero-order chi connectivity index (χ0) is 13.1. The van der Waals surface area contributed by atoms with Gasteiger partial charge < -0.3 is 0 Å². The van der Waals surface area contributed by atoms with Crippen LogP contribution in [0.5, 0.6) is 0 Å². The highest BCUT2D eigenvalue weighted by molar-refractivity contribution is 6.02. The van der Waals surface area contributed by atoms with E-state index >= 15 is 0 Å². The maximum Gasteiger partial charge on any atom is 0.240 e. The van der Waals surface area contributed by atoms with Gasteiger partial charge in [-0.05, 0) is 17.0 Å². The van der Waals surface area contributed by atoms with Crippen molar-refractivity contribution < 1.29 is 4.79 Å². The molecule has 1 heterocycles. The first-order chi connectivity index (χ1) is 9.40. The van der Waals surface area contributed by atoms with E-state index in [1.165, 1.54) is 6.33 Å². The van der Waals surface area contributed by atoms with Crippen LogP contribution in [-0.4, -0.2) is 16.0 Å². The minimum absolute atomic E-state index is 0.617. The minimum Gasteiger partial charge on any atom is -0.244 e. The van der Waals surface area contributed by atoms with Gasteiger partial charge in [-0.3, -0.25) is 0 Å². The number of isocyanates is 1. The molecule has 4 nitrogen and oxygen atoms in total. The van der Waals surface area contributed by atoms with E-state index in [1.807, 2.05) is 30.3 Å². The van der Waals surface area contributed by atoms with Gasteiger partial charge in [0.2, 0.25) is 6.08 Å². The molecule has 0 atom stereocenters. The van der Waals surface area contributed by atoms with Crippen LogP contribution in [-0.2, 0) is 4.79 Å². The Hall–Kier alpha value is -2.84. The van der Waals surface area contributed by atoms with E-state index in [4.69, 9.17) is 0 Å². The van der Waals surface area contributed by atoms with E-state index in [9.17, 15) is 4.79 Å². The van der Waals surface area contributed by atoms with Crippen LogP contribution in [0.25, 0.3) is 21.9 Å². The van der Waals surface area contributed by atoms with Crippen molar-refractivity contribution in [3.63, 3.8) is 0 Å². The summed E-state index contributed by atoms with van der Waals surface area (Å²) in [6, 6.07) is 11.5. The van der Waals surface area contributed by atoms with Crippen LogP contribution in [0.2, 0.25) is 0 Å². The van der Waals surface area contributed by atoms with Crippen LogP contribution in [0.15, 0.2) is 60.1 Å². The Morgan fingerprint density at radius 2 is 1.68 bits per heavy atom. The molecule has 3 aromatic rings. The second-order valence-corrected chi connectivity index (χ2v) is 4.01. The molecule has 4 heteroatoms. The lowest BCUT2D eigenvalue weighted by molar-refractivity contribution is 0.565. The summed E-state index contributed by atoms with van der Waals surface area (Å²) in [6.45, 7) is 0. The van der Waals surface area contributed by atoms with Crippen LogP contribution in [0.1, 0.15) is 0 Å². The molecule has 2 aromatic carbocycles. The van der Waals surface area contributed by atoms with Gasteiger partial charge in [0.15, 0.2) is 0 Å². The van der Waals surface area contributed by atoms with Crippen molar-refractivity contribution in [3.05, 3.63) is 55.1 Å². The minimum atomic E-state index is 0.617. The zero-order valence-corrected chi connectivity index (χ0v) is 9.95.